The summed E-state index contributed by atoms with van der Waals surface area (Å²) in [6, 6.07) is 1.84. The first-order valence-electron chi connectivity index (χ1n) is 6.38. The molecule has 0 unspecified atom stereocenters. The summed E-state index contributed by atoms with van der Waals surface area (Å²) in [5.41, 5.74) is 2.97. The molecular formula is C14H15ClN4O. The Morgan fingerprint density at radius 3 is 2.95 bits per heavy atom. The fourth-order valence-electron chi connectivity index (χ4n) is 2.51. The Morgan fingerprint density at radius 2 is 2.20 bits per heavy atom. The molecule has 1 N–H and O–H groups in total. The zero-order chi connectivity index (χ0) is 14.5. The molecule has 104 valence electrons. The summed E-state index contributed by atoms with van der Waals surface area (Å²) in [7, 11) is 0. The van der Waals surface area contributed by atoms with Gasteiger partial charge in [-0.3, -0.25) is 4.79 Å². The zero-order valence-corrected chi connectivity index (χ0v) is 12.3. The average molecular weight is 291 g/mol. The molecule has 3 heterocycles. The second kappa shape index (κ2) is 4.31. The quantitative estimate of drug-likeness (QED) is 0.821. The van der Waals surface area contributed by atoms with Crippen molar-refractivity contribution >= 4 is 17.5 Å². The van der Waals surface area contributed by atoms with Crippen LogP contribution in [0.3, 0.4) is 0 Å². The molecule has 1 aliphatic rings. The Hall–Kier alpha value is -1.88. The summed E-state index contributed by atoms with van der Waals surface area (Å²) in [5, 5.41) is 3.19. The third-order valence-corrected chi connectivity index (χ3v) is 3.54. The third kappa shape index (κ3) is 2.18. The van der Waals surface area contributed by atoms with Crippen molar-refractivity contribution in [3.8, 4) is 11.3 Å². The highest BCUT2D eigenvalue weighted by Crippen LogP contribution is 2.27. The number of nitrogens with zero attached hydrogens (tertiary/aromatic N) is 3. The predicted octanol–water partition coefficient (Wildman–Crippen LogP) is 2.43. The molecule has 3 rings (SSSR count). The number of aryl methyl sites for hydroxylation is 1. The molecule has 1 aliphatic heterocycles. The van der Waals surface area contributed by atoms with Crippen molar-refractivity contribution in [2.45, 2.75) is 32.9 Å². The lowest BCUT2D eigenvalue weighted by molar-refractivity contribution is 0.0862. The minimum atomic E-state index is -0.251. The average Bonchev–Trinajstić information content (AvgIpc) is 2.74. The lowest BCUT2D eigenvalue weighted by atomic mass is 10.0. The molecule has 0 fully saturated rings. The van der Waals surface area contributed by atoms with E-state index >= 15 is 0 Å². The van der Waals surface area contributed by atoms with Gasteiger partial charge in [0.15, 0.2) is 0 Å². The lowest BCUT2D eigenvalue weighted by Gasteiger charge is -2.32. The Kier molecular flexibility index (Phi) is 2.83. The van der Waals surface area contributed by atoms with Gasteiger partial charge in [0, 0.05) is 24.5 Å². The predicted molar refractivity (Wildman–Crippen MR) is 76.8 cm³/mol. The van der Waals surface area contributed by atoms with Crippen LogP contribution in [0.25, 0.3) is 11.3 Å². The largest absolute Gasteiger partial charge is 0.344 e. The Balaban J connectivity index is 2.10. The molecule has 2 aromatic heterocycles. The van der Waals surface area contributed by atoms with Crippen molar-refractivity contribution in [3.63, 3.8) is 0 Å². The number of hydrogen-bond donors (Lipinski definition) is 1. The van der Waals surface area contributed by atoms with E-state index in [-0.39, 0.29) is 16.7 Å². The van der Waals surface area contributed by atoms with Gasteiger partial charge in [-0.2, -0.15) is 0 Å². The second-order valence-corrected chi connectivity index (χ2v) is 6.09. The van der Waals surface area contributed by atoms with Crippen LogP contribution in [0.5, 0.6) is 0 Å². The number of carbonyl (C=O) groups is 1. The number of carbonyl (C=O) groups excluding carboxylic acids is 1. The van der Waals surface area contributed by atoms with E-state index in [0.29, 0.717) is 5.69 Å². The molecule has 0 aliphatic carbocycles. The molecule has 2 aromatic rings. The molecule has 0 bridgehead atoms. The molecule has 0 spiro atoms. The third-order valence-electron chi connectivity index (χ3n) is 3.36. The van der Waals surface area contributed by atoms with Gasteiger partial charge in [0.2, 0.25) is 5.28 Å². The van der Waals surface area contributed by atoms with Crippen LogP contribution in [-0.4, -0.2) is 26.0 Å². The molecule has 20 heavy (non-hydrogen) atoms. The van der Waals surface area contributed by atoms with Gasteiger partial charge in [0.25, 0.3) is 5.91 Å². The maximum Gasteiger partial charge on any atom is 0.268 e. The van der Waals surface area contributed by atoms with Crippen LogP contribution < -0.4 is 5.32 Å². The van der Waals surface area contributed by atoms with Crippen molar-refractivity contribution < 1.29 is 4.79 Å². The lowest BCUT2D eigenvalue weighted by Crippen LogP contribution is -2.51. The number of aromatic nitrogens is 3. The monoisotopic (exact) mass is 290 g/mol. The molecule has 0 saturated carbocycles. The molecule has 0 saturated heterocycles. The Labute approximate surface area is 122 Å². The van der Waals surface area contributed by atoms with Crippen molar-refractivity contribution in [1.29, 1.82) is 0 Å². The van der Waals surface area contributed by atoms with Gasteiger partial charge in [-0.05, 0) is 44.0 Å². The fourth-order valence-corrected chi connectivity index (χ4v) is 2.64. The Morgan fingerprint density at radius 1 is 1.45 bits per heavy atom. The van der Waals surface area contributed by atoms with Crippen LogP contribution >= 0.6 is 11.6 Å². The number of halogens is 1. The SMILES string of the molecule is Cc1cnc(Cl)nc1-c1cc2n(c1)CC(C)(C)NC2=O. The topological polar surface area (TPSA) is 59.8 Å². The Bertz CT molecular complexity index is 705. The first kappa shape index (κ1) is 13.1. The van der Waals surface area contributed by atoms with Crippen LogP contribution in [0, 0.1) is 6.92 Å². The standard InChI is InChI=1S/C14H15ClN4O/c1-8-5-16-13(15)17-11(8)9-4-10-12(20)18-14(2,3)7-19(10)6-9/h4-6H,7H2,1-3H3,(H,18,20). The number of hydrogen-bond acceptors (Lipinski definition) is 3. The molecule has 6 heteroatoms. The highest BCUT2D eigenvalue weighted by atomic mass is 35.5. The summed E-state index contributed by atoms with van der Waals surface area (Å²) in [6.07, 6.45) is 3.63. The van der Waals surface area contributed by atoms with Crippen LogP contribution in [0.4, 0.5) is 0 Å². The normalized spacial score (nSPS) is 16.7. The van der Waals surface area contributed by atoms with Gasteiger partial charge in [0.1, 0.15) is 5.69 Å². The number of rotatable bonds is 1. The van der Waals surface area contributed by atoms with E-state index in [1.165, 1.54) is 0 Å². The van der Waals surface area contributed by atoms with Crippen molar-refractivity contribution in [1.82, 2.24) is 19.9 Å². The molecule has 5 nitrogen and oxygen atoms in total. The summed E-state index contributed by atoms with van der Waals surface area (Å²) >= 11 is 5.86. The summed E-state index contributed by atoms with van der Waals surface area (Å²) in [5.74, 6) is -0.0645. The maximum atomic E-state index is 12.1. The summed E-state index contributed by atoms with van der Waals surface area (Å²) < 4.78 is 1.96. The van der Waals surface area contributed by atoms with Crippen LogP contribution in [0.15, 0.2) is 18.5 Å². The van der Waals surface area contributed by atoms with E-state index in [1.807, 2.05) is 37.6 Å². The van der Waals surface area contributed by atoms with Crippen molar-refractivity contribution in [2.75, 3.05) is 0 Å². The van der Waals surface area contributed by atoms with Gasteiger partial charge in [-0.25, -0.2) is 9.97 Å². The maximum absolute atomic E-state index is 12.1. The summed E-state index contributed by atoms with van der Waals surface area (Å²) in [6.45, 7) is 6.65. The van der Waals surface area contributed by atoms with Crippen LogP contribution in [-0.2, 0) is 6.54 Å². The number of amides is 1. The fraction of sp³-hybridized carbons (Fsp3) is 0.357. The highest BCUT2D eigenvalue weighted by molar-refractivity contribution is 6.28. The van der Waals surface area contributed by atoms with E-state index in [0.717, 1.165) is 23.4 Å². The molecule has 0 atom stereocenters. The minimum absolute atomic E-state index is 0.0645. The van der Waals surface area contributed by atoms with Crippen molar-refractivity contribution in [3.05, 3.63) is 35.0 Å². The number of fused-ring (bicyclic) bond motifs is 1. The van der Waals surface area contributed by atoms with E-state index < -0.39 is 0 Å². The van der Waals surface area contributed by atoms with Gasteiger partial charge < -0.3 is 9.88 Å². The first-order valence-corrected chi connectivity index (χ1v) is 6.76. The van der Waals surface area contributed by atoms with E-state index in [1.54, 1.807) is 6.20 Å². The second-order valence-electron chi connectivity index (χ2n) is 5.75. The number of nitrogens with one attached hydrogen (secondary N) is 1. The first-order chi connectivity index (χ1) is 9.35. The van der Waals surface area contributed by atoms with E-state index in [4.69, 9.17) is 11.6 Å². The van der Waals surface area contributed by atoms with Crippen LogP contribution in [0.2, 0.25) is 5.28 Å². The van der Waals surface area contributed by atoms with Gasteiger partial charge in [-0.1, -0.05) is 0 Å². The molecule has 0 radical (unpaired) electrons. The highest BCUT2D eigenvalue weighted by Gasteiger charge is 2.30. The molecule has 1 amide bonds. The van der Waals surface area contributed by atoms with Gasteiger partial charge in [0.05, 0.1) is 11.2 Å². The van der Waals surface area contributed by atoms with Gasteiger partial charge >= 0.3 is 0 Å². The zero-order valence-electron chi connectivity index (χ0n) is 11.6. The molecule has 0 aromatic carbocycles. The molecular weight excluding hydrogens is 276 g/mol. The van der Waals surface area contributed by atoms with E-state index in [2.05, 4.69) is 15.3 Å². The smallest absolute Gasteiger partial charge is 0.268 e. The van der Waals surface area contributed by atoms with E-state index in [9.17, 15) is 4.79 Å². The van der Waals surface area contributed by atoms with Crippen LogP contribution in [0.1, 0.15) is 29.9 Å². The summed E-state index contributed by atoms with van der Waals surface area (Å²) in [4.78, 5) is 20.3. The minimum Gasteiger partial charge on any atom is -0.344 e. The van der Waals surface area contributed by atoms with Gasteiger partial charge in [-0.15, -0.1) is 0 Å². The van der Waals surface area contributed by atoms with Crippen molar-refractivity contribution in [2.24, 2.45) is 0 Å².